The number of aryl methyl sites for hydroxylation is 2. The van der Waals surface area contributed by atoms with Gasteiger partial charge in [0.25, 0.3) is 0 Å². The Hall–Kier alpha value is -1.58. The molecule has 6 nitrogen and oxygen atoms in total. The van der Waals surface area contributed by atoms with E-state index in [1.54, 1.807) is 0 Å². The number of primary amides is 1. The van der Waals surface area contributed by atoms with Crippen LogP contribution in [0, 0.1) is 13.8 Å². The summed E-state index contributed by atoms with van der Waals surface area (Å²) in [5.41, 5.74) is 8.08. The van der Waals surface area contributed by atoms with Gasteiger partial charge in [-0.2, -0.15) is 0 Å². The van der Waals surface area contributed by atoms with Crippen molar-refractivity contribution in [3.63, 3.8) is 0 Å². The third kappa shape index (κ3) is 6.20. The predicted molar refractivity (Wildman–Crippen MR) is 95.1 cm³/mol. The fourth-order valence-electron chi connectivity index (χ4n) is 1.82. The molecule has 0 unspecified atom stereocenters. The molecule has 0 fully saturated rings. The van der Waals surface area contributed by atoms with Gasteiger partial charge >= 0.3 is 0 Å². The molecular weight excluding hydrogens is 352 g/mol. The van der Waals surface area contributed by atoms with Crippen molar-refractivity contribution in [2.24, 2.45) is 5.73 Å². The molecule has 9 heteroatoms. The van der Waals surface area contributed by atoms with Crippen LogP contribution in [-0.4, -0.2) is 33.5 Å². The zero-order chi connectivity index (χ0) is 16.8. The van der Waals surface area contributed by atoms with Crippen LogP contribution in [0.3, 0.4) is 0 Å². The van der Waals surface area contributed by atoms with Gasteiger partial charge in [-0.3, -0.25) is 9.59 Å². The smallest absolute Gasteiger partial charge is 0.234 e. The predicted octanol–water partition coefficient (Wildman–Crippen LogP) is 2.46. The van der Waals surface area contributed by atoms with E-state index in [-0.39, 0.29) is 17.4 Å². The number of carbonyl (C=O) groups excluding carboxylic acids is 2. The Balaban J connectivity index is 1.83. The molecule has 0 aliphatic heterocycles. The summed E-state index contributed by atoms with van der Waals surface area (Å²) in [6, 6.07) is 5.91. The van der Waals surface area contributed by atoms with E-state index in [0.29, 0.717) is 8.68 Å². The van der Waals surface area contributed by atoms with Crippen molar-refractivity contribution < 1.29 is 9.59 Å². The number of benzene rings is 1. The van der Waals surface area contributed by atoms with E-state index in [4.69, 9.17) is 5.73 Å². The maximum atomic E-state index is 12.0. The average molecular weight is 369 g/mol. The van der Waals surface area contributed by atoms with Crippen molar-refractivity contribution in [2.75, 3.05) is 16.8 Å². The van der Waals surface area contributed by atoms with Gasteiger partial charge in [0, 0.05) is 5.69 Å². The fourth-order valence-corrected chi connectivity index (χ4v) is 4.38. The second-order valence-corrected chi connectivity index (χ2v) is 8.22. The third-order valence-electron chi connectivity index (χ3n) is 2.56. The molecule has 3 N–H and O–H groups in total. The lowest BCUT2D eigenvalue weighted by atomic mass is 10.1. The van der Waals surface area contributed by atoms with E-state index >= 15 is 0 Å². The Kier molecular flexibility index (Phi) is 6.43. The highest BCUT2D eigenvalue weighted by Crippen LogP contribution is 2.28. The highest BCUT2D eigenvalue weighted by Gasteiger charge is 2.10. The number of nitrogens with two attached hydrogens (primary N) is 1. The summed E-state index contributed by atoms with van der Waals surface area (Å²) in [5.74, 6) is -0.0667. The van der Waals surface area contributed by atoms with Crippen molar-refractivity contribution in [1.82, 2.24) is 10.2 Å². The fraction of sp³-hybridized carbons (Fsp3) is 0.286. The lowest BCUT2D eigenvalue weighted by molar-refractivity contribution is -0.115. The van der Waals surface area contributed by atoms with Gasteiger partial charge in [-0.1, -0.05) is 40.9 Å². The first-order valence-corrected chi connectivity index (χ1v) is 9.46. The first-order valence-electron chi connectivity index (χ1n) is 6.68. The van der Waals surface area contributed by atoms with E-state index < -0.39 is 5.91 Å². The standard InChI is InChI=1S/C14H16N4O2S3/c1-8-3-9(2)5-10(4-8)16-12(20)7-22-14-18-17-13(23-14)21-6-11(15)19/h3-5H,6-7H2,1-2H3,(H2,15,19)(H,16,20). The summed E-state index contributed by atoms with van der Waals surface area (Å²) in [5, 5.41) is 10.8. The van der Waals surface area contributed by atoms with Crippen LogP contribution in [0.4, 0.5) is 5.69 Å². The van der Waals surface area contributed by atoms with Gasteiger partial charge in [-0.15, -0.1) is 10.2 Å². The van der Waals surface area contributed by atoms with E-state index in [0.717, 1.165) is 16.8 Å². The zero-order valence-corrected chi connectivity index (χ0v) is 15.1. The molecule has 0 saturated heterocycles. The van der Waals surface area contributed by atoms with Gasteiger partial charge in [-0.05, 0) is 37.1 Å². The largest absolute Gasteiger partial charge is 0.369 e. The monoisotopic (exact) mass is 368 g/mol. The van der Waals surface area contributed by atoms with Crippen LogP contribution in [0.15, 0.2) is 26.9 Å². The molecule has 0 spiro atoms. The second kappa shape index (κ2) is 8.32. The minimum atomic E-state index is -0.396. The first-order chi connectivity index (χ1) is 10.9. The maximum absolute atomic E-state index is 12.0. The van der Waals surface area contributed by atoms with Crippen LogP contribution < -0.4 is 11.1 Å². The van der Waals surface area contributed by atoms with Crippen molar-refractivity contribution in [2.45, 2.75) is 22.5 Å². The van der Waals surface area contributed by atoms with E-state index in [1.807, 2.05) is 26.0 Å². The summed E-state index contributed by atoms with van der Waals surface area (Å²) in [7, 11) is 0. The lowest BCUT2D eigenvalue weighted by Crippen LogP contribution is -2.14. The minimum Gasteiger partial charge on any atom is -0.369 e. The van der Waals surface area contributed by atoms with Crippen LogP contribution in [0.25, 0.3) is 0 Å². The topological polar surface area (TPSA) is 98.0 Å². The number of nitrogens with one attached hydrogen (secondary N) is 1. The Bertz CT molecular complexity index is 698. The average Bonchev–Trinajstić information content (AvgIpc) is 2.90. The molecule has 1 heterocycles. The molecule has 0 atom stereocenters. The summed E-state index contributed by atoms with van der Waals surface area (Å²) in [6.07, 6.45) is 0. The van der Waals surface area contributed by atoms with Gasteiger partial charge in [0.15, 0.2) is 8.68 Å². The van der Waals surface area contributed by atoms with Gasteiger partial charge in [0.2, 0.25) is 11.8 Å². The number of carbonyl (C=O) groups is 2. The van der Waals surface area contributed by atoms with Crippen LogP contribution in [0.5, 0.6) is 0 Å². The Morgan fingerprint density at radius 2 is 1.65 bits per heavy atom. The van der Waals surface area contributed by atoms with Crippen LogP contribution in [0.2, 0.25) is 0 Å². The van der Waals surface area contributed by atoms with Crippen LogP contribution >= 0.6 is 34.9 Å². The quantitative estimate of drug-likeness (QED) is 0.729. The molecule has 122 valence electrons. The lowest BCUT2D eigenvalue weighted by Gasteiger charge is -2.06. The van der Waals surface area contributed by atoms with Crippen molar-refractivity contribution in [1.29, 1.82) is 0 Å². The van der Waals surface area contributed by atoms with Crippen molar-refractivity contribution in [3.05, 3.63) is 29.3 Å². The van der Waals surface area contributed by atoms with Crippen molar-refractivity contribution in [3.8, 4) is 0 Å². The first kappa shape index (κ1) is 17.8. The SMILES string of the molecule is Cc1cc(C)cc(NC(=O)CSc2nnc(SCC(N)=O)s2)c1. The minimum absolute atomic E-state index is 0.0958. The highest BCUT2D eigenvalue weighted by molar-refractivity contribution is 8.03. The molecule has 1 aromatic carbocycles. The molecule has 0 bridgehead atoms. The number of hydrogen-bond acceptors (Lipinski definition) is 7. The molecule has 0 radical (unpaired) electrons. The normalized spacial score (nSPS) is 10.5. The number of rotatable bonds is 7. The van der Waals surface area contributed by atoms with E-state index in [9.17, 15) is 9.59 Å². The van der Waals surface area contributed by atoms with E-state index in [1.165, 1.54) is 34.9 Å². The number of aromatic nitrogens is 2. The van der Waals surface area contributed by atoms with Crippen LogP contribution in [0.1, 0.15) is 11.1 Å². The molecule has 2 amide bonds. The highest BCUT2D eigenvalue weighted by atomic mass is 32.2. The number of nitrogens with zero attached hydrogens (tertiary/aromatic N) is 2. The Labute approximate surface area is 146 Å². The van der Waals surface area contributed by atoms with Gasteiger partial charge in [0.05, 0.1) is 11.5 Å². The number of amides is 2. The molecule has 0 aliphatic rings. The molecule has 2 rings (SSSR count). The zero-order valence-electron chi connectivity index (χ0n) is 12.7. The van der Waals surface area contributed by atoms with Gasteiger partial charge in [0.1, 0.15) is 0 Å². The number of hydrogen-bond donors (Lipinski definition) is 2. The summed E-state index contributed by atoms with van der Waals surface area (Å²) >= 11 is 3.90. The molecule has 1 aromatic heterocycles. The third-order valence-corrected chi connectivity index (χ3v) is 5.77. The molecule has 0 saturated carbocycles. The summed E-state index contributed by atoms with van der Waals surface area (Å²) in [6.45, 7) is 3.98. The molecular formula is C14H16N4O2S3. The summed E-state index contributed by atoms with van der Waals surface area (Å²) in [4.78, 5) is 22.7. The number of anilines is 1. The maximum Gasteiger partial charge on any atom is 0.234 e. The Morgan fingerprint density at radius 1 is 1.09 bits per heavy atom. The summed E-state index contributed by atoms with van der Waals surface area (Å²) < 4.78 is 1.36. The van der Waals surface area contributed by atoms with Crippen LogP contribution in [-0.2, 0) is 9.59 Å². The molecule has 23 heavy (non-hydrogen) atoms. The van der Waals surface area contributed by atoms with Crippen molar-refractivity contribution >= 4 is 52.4 Å². The second-order valence-electron chi connectivity index (χ2n) is 4.80. The number of thioether (sulfide) groups is 2. The Morgan fingerprint density at radius 3 is 2.22 bits per heavy atom. The van der Waals surface area contributed by atoms with Gasteiger partial charge in [-0.25, -0.2) is 0 Å². The van der Waals surface area contributed by atoms with E-state index in [2.05, 4.69) is 21.6 Å². The molecule has 0 aliphatic carbocycles. The molecule has 2 aromatic rings. The van der Waals surface area contributed by atoms with Gasteiger partial charge < -0.3 is 11.1 Å².